The second kappa shape index (κ2) is 5.50. The number of rotatable bonds is 2. The quantitative estimate of drug-likeness (QED) is 0.849. The van der Waals surface area contributed by atoms with Crippen molar-refractivity contribution in [2.24, 2.45) is 5.73 Å². The van der Waals surface area contributed by atoms with E-state index in [0.717, 1.165) is 26.1 Å². The zero-order valence-electron chi connectivity index (χ0n) is 12.0. The van der Waals surface area contributed by atoms with Gasteiger partial charge in [0.25, 0.3) is 0 Å². The molecule has 6 heteroatoms. The van der Waals surface area contributed by atoms with Crippen LogP contribution in [0.3, 0.4) is 0 Å². The van der Waals surface area contributed by atoms with E-state index < -0.39 is 11.6 Å². The van der Waals surface area contributed by atoms with Crippen LogP contribution in [0.1, 0.15) is 25.3 Å². The van der Waals surface area contributed by atoms with Crippen molar-refractivity contribution in [1.29, 1.82) is 0 Å². The number of hydrogen-bond acceptors (Lipinski definition) is 3. The largest absolute Gasteiger partial charge is 0.389 e. The van der Waals surface area contributed by atoms with Crippen molar-refractivity contribution < 1.29 is 8.78 Å². The van der Waals surface area contributed by atoms with Gasteiger partial charge >= 0.3 is 0 Å². The molecule has 0 bridgehead atoms. The Morgan fingerprint density at radius 2 is 2.05 bits per heavy atom. The van der Waals surface area contributed by atoms with E-state index in [2.05, 4.69) is 4.90 Å². The number of fused-ring (bicyclic) bond motifs is 1. The Labute approximate surface area is 128 Å². The van der Waals surface area contributed by atoms with Gasteiger partial charge < -0.3 is 10.6 Å². The second-order valence-electron chi connectivity index (χ2n) is 5.92. The van der Waals surface area contributed by atoms with Crippen LogP contribution in [0.2, 0.25) is 0 Å². The molecule has 3 rings (SSSR count). The Bertz CT molecular complexity index is 578. The molecule has 2 aliphatic rings. The van der Waals surface area contributed by atoms with E-state index in [1.807, 2.05) is 11.8 Å². The first kappa shape index (κ1) is 14.7. The molecule has 2 atom stereocenters. The summed E-state index contributed by atoms with van der Waals surface area (Å²) in [6.45, 7) is 4.79. The summed E-state index contributed by atoms with van der Waals surface area (Å²) in [5.74, 6) is -1.79. The van der Waals surface area contributed by atoms with Gasteiger partial charge in [0.1, 0.15) is 4.99 Å². The predicted molar refractivity (Wildman–Crippen MR) is 83.6 cm³/mol. The van der Waals surface area contributed by atoms with Crippen LogP contribution in [0.25, 0.3) is 0 Å². The monoisotopic (exact) mass is 311 g/mol. The highest BCUT2D eigenvalue weighted by molar-refractivity contribution is 7.80. The van der Waals surface area contributed by atoms with Crippen LogP contribution >= 0.6 is 12.2 Å². The van der Waals surface area contributed by atoms with E-state index in [9.17, 15) is 8.78 Å². The number of nitrogens with zero attached hydrogens (tertiary/aromatic N) is 2. The summed E-state index contributed by atoms with van der Waals surface area (Å²) in [5.41, 5.74) is 5.70. The van der Waals surface area contributed by atoms with Crippen LogP contribution in [0.4, 0.5) is 14.5 Å². The average Bonchev–Trinajstić information content (AvgIpc) is 2.87. The molecular formula is C15H19F2N3S. The van der Waals surface area contributed by atoms with E-state index in [1.165, 1.54) is 12.5 Å². The van der Waals surface area contributed by atoms with Crippen molar-refractivity contribution in [1.82, 2.24) is 4.90 Å². The highest BCUT2D eigenvalue weighted by atomic mass is 32.1. The summed E-state index contributed by atoms with van der Waals surface area (Å²) < 4.78 is 28.5. The summed E-state index contributed by atoms with van der Waals surface area (Å²) in [7, 11) is 0. The zero-order valence-corrected chi connectivity index (χ0v) is 12.8. The minimum Gasteiger partial charge on any atom is -0.389 e. The summed E-state index contributed by atoms with van der Waals surface area (Å²) >= 11 is 4.74. The molecule has 0 spiro atoms. The minimum absolute atomic E-state index is 0.0293. The first-order valence-corrected chi connectivity index (χ1v) is 7.68. The fourth-order valence-electron chi connectivity index (χ4n) is 3.47. The van der Waals surface area contributed by atoms with E-state index in [0.29, 0.717) is 11.7 Å². The average molecular weight is 311 g/mol. The Balaban J connectivity index is 1.93. The maximum absolute atomic E-state index is 14.4. The lowest BCUT2D eigenvalue weighted by molar-refractivity contribution is 0.202. The Morgan fingerprint density at radius 3 is 2.76 bits per heavy atom. The van der Waals surface area contributed by atoms with Crippen LogP contribution in [0.15, 0.2) is 12.1 Å². The smallest absolute Gasteiger partial charge is 0.182 e. The van der Waals surface area contributed by atoms with Gasteiger partial charge in [0.05, 0.1) is 5.69 Å². The Morgan fingerprint density at radius 1 is 1.29 bits per heavy atom. The van der Waals surface area contributed by atoms with Crippen LogP contribution in [-0.4, -0.2) is 41.6 Å². The Hall–Kier alpha value is -1.27. The van der Waals surface area contributed by atoms with Crippen molar-refractivity contribution in [2.75, 3.05) is 24.5 Å². The van der Waals surface area contributed by atoms with E-state index >= 15 is 0 Å². The van der Waals surface area contributed by atoms with Gasteiger partial charge in [0.2, 0.25) is 0 Å². The molecule has 21 heavy (non-hydrogen) atoms. The third kappa shape index (κ3) is 2.51. The van der Waals surface area contributed by atoms with Gasteiger partial charge in [-0.25, -0.2) is 8.78 Å². The standard InChI is InChI=1S/C15H19F2N3S/c1-9-7-19-6-2-3-10(19)8-20(9)12-5-4-11(15(18)21)13(16)14(12)17/h4-5,9-10H,2-3,6-8H2,1H3,(H2,18,21). The topological polar surface area (TPSA) is 32.5 Å². The zero-order chi connectivity index (χ0) is 15.1. The normalized spacial score (nSPS) is 26.0. The van der Waals surface area contributed by atoms with Crippen molar-refractivity contribution in [2.45, 2.75) is 31.8 Å². The molecule has 3 nitrogen and oxygen atoms in total. The minimum atomic E-state index is -0.943. The molecule has 2 fully saturated rings. The van der Waals surface area contributed by atoms with E-state index in [1.54, 1.807) is 6.07 Å². The lowest BCUT2D eigenvalue weighted by Crippen LogP contribution is -2.55. The van der Waals surface area contributed by atoms with E-state index in [-0.39, 0.29) is 16.6 Å². The fraction of sp³-hybridized carbons (Fsp3) is 0.533. The lowest BCUT2D eigenvalue weighted by atomic mass is 10.1. The third-order valence-corrected chi connectivity index (χ3v) is 4.79. The molecule has 1 aromatic carbocycles. The molecule has 2 unspecified atom stereocenters. The van der Waals surface area contributed by atoms with Gasteiger partial charge in [0.15, 0.2) is 11.6 Å². The first-order chi connectivity index (χ1) is 9.99. The summed E-state index contributed by atoms with van der Waals surface area (Å²) in [4.78, 5) is 4.29. The number of piperazine rings is 1. The Kier molecular flexibility index (Phi) is 3.84. The van der Waals surface area contributed by atoms with Crippen LogP contribution in [-0.2, 0) is 0 Å². The molecule has 0 aliphatic carbocycles. The molecule has 2 saturated heterocycles. The van der Waals surface area contributed by atoms with Crippen molar-refractivity contribution >= 4 is 22.9 Å². The fourth-order valence-corrected chi connectivity index (χ4v) is 3.63. The maximum atomic E-state index is 14.4. The summed E-state index contributed by atoms with van der Waals surface area (Å²) in [5, 5.41) is 0. The SMILES string of the molecule is CC1CN2CCCC2CN1c1ccc(C(N)=S)c(F)c1F. The highest BCUT2D eigenvalue weighted by Crippen LogP contribution is 2.31. The molecule has 0 saturated carbocycles. The molecule has 2 aliphatic heterocycles. The molecule has 2 N–H and O–H groups in total. The number of anilines is 1. The lowest BCUT2D eigenvalue weighted by Gasteiger charge is -2.43. The molecule has 0 amide bonds. The molecule has 114 valence electrons. The van der Waals surface area contributed by atoms with Crippen LogP contribution in [0, 0.1) is 11.6 Å². The van der Waals surface area contributed by atoms with Crippen molar-refractivity contribution in [3.05, 3.63) is 29.3 Å². The third-order valence-electron chi connectivity index (χ3n) is 4.57. The maximum Gasteiger partial charge on any atom is 0.182 e. The summed E-state index contributed by atoms with van der Waals surface area (Å²) in [6.07, 6.45) is 2.31. The first-order valence-electron chi connectivity index (χ1n) is 7.27. The molecule has 1 aromatic rings. The molecular weight excluding hydrogens is 292 g/mol. The highest BCUT2D eigenvalue weighted by Gasteiger charge is 2.35. The van der Waals surface area contributed by atoms with Crippen molar-refractivity contribution in [3.63, 3.8) is 0 Å². The van der Waals surface area contributed by atoms with Gasteiger partial charge in [-0.2, -0.15) is 0 Å². The second-order valence-corrected chi connectivity index (χ2v) is 6.36. The van der Waals surface area contributed by atoms with Gasteiger partial charge in [-0.3, -0.25) is 4.90 Å². The number of benzene rings is 1. The number of nitrogens with two attached hydrogens (primary N) is 1. The molecule has 0 radical (unpaired) electrons. The van der Waals surface area contributed by atoms with Gasteiger partial charge in [-0.15, -0.1) is 0 Å². The molecule has 2 heterocycles. The van der Waals surface area contributed by atoms with Gasteiger partial charge in [0, 0.05) is 30.7 Å². The van der Waals surface area contributed by atoms with Gasteiger partial charge in [-0.1, -0.05) is 12.2 Å². The van der Waals surface area contributed by atoms with Crippen LogP contribution < -0.4 is 10.6 Å². The van der Waals surface area contributed by atoms with Crippen molar-refractivity contribution in [3.8, 4) is 0 Å². The van der Waals surface area contributed by atoms with E-state index in [4.69, 9.17) is 18.0 Å². The van der Waals surface area contributed by atoms with Crippen LogP contribution in [0.5, 0.6) is 0 Å². The summed E-state index contributed by atoms with van der Waals surface area (Å²) in [6, 6.07) is 3.67. The number of hydrogen-bond donors (Lipinski definition) is 1. The predicted octanol–water partition coefficient (Wildman–Crippen LogP) is 2.27. The molecule has 0 aromatic heterocycles. The van der Waals surface area contributed by atoms with Gasteiger partial charge in [-0.05, 0) is 38.4 Å². The number of halogens is 2. The number of thiocarbonyl (C=S) groups is 1.